The normalized spacial score (nSPS) is 36.0. The van der Waals surface area contributed by atoms with Gasteiger partial charge in [-0.25, -0.2) is 4.79 Å². The second-order valence-electron chi connectivity index (χ2n) is 12.0. The summed E-state index contributed by atoms with van der Waals surface area (Å²) in [4.78, 5) is 13.0. The summed E-state index contributed by atoms with van der Waals surface area (Å²) < 4.78 is 24.0. The number of ether oxygens (including phenoxy) is 4. The van der Waals surface area contributed by atoms with Gasteiger partial charge in [-0.05, 0) is 64.7 Å². The lowest BCUT2D eigenvalue weighted by Crippen LogP contribution is -2.62. The smallest absolute Gasteiger partial charge is 0.335 e. The molecule has 0 aromatic rings. The van der Waals surface area contributed by atoms with E-state index in [4.69, 9.17) is 24.1 Å². The number of esters is 1. The largest absolute Gasteiger partial charge is 0.460 e. The highest BCUT2D eigenvalue weighted by Gasteiger charge is 2.53. The molecule has 42 heavy (non-hydrogen) atoms. The van der Waals surface area contributed by atoms with Gasteiger partial charge in [0.05, 0.1) is 24.4 Å². The molecule has 0 aliphatic carbocycles. The summed E-state index contributed by atoms with van der Waals surface area (Å²) in [6, 6.07) is 0. The van der Waals surface area contributed by atoms with Gasteiger partial charge >= 0.3 is 5.97 Å². The third-order valence-electron chi connectivity index (χ3n) is 8.66. The fraction of sp³-hybridized carbons (Fsp3) is 0.727. The number of hydrogen-bond acceptors (Lipinski definition) is 9. The Hall–Kier alpha value is -1.85. The molecule has 238 valence electrons. The van der Waals surface area contributed by atoms with Crippen molar-refractivity contribution in [2.45, 2.75) is 133 Å². The van der Waals surface area contributed by atoms with E-state index in [1.54, 1.807) is 0 Å². The van der Waals surface area contributed by atoms with Gasteiger partial charge in [0, 0.05) is 32.5 Å². The first-order valence-electron chi connectivity index (χ1n) is 15.6. The zero-order valence-corrected chi connectivity index (χ0v) is 25.5. The van der Waals surface area contributed by atoms with Crippen LogP contribution in [0.1, 0.15) is 84.5 Å². The minimum atomic E-state index is -1.33. The average Bonchev–Trinajstić information content (AvgIpc) is 3.45. The van der Waals surface area contributed by atoms with Crippen molar-refractivity contribution in [1.29, 1.82) is 0 Å². The quantitative estimate of drug-likeness (QED) is 0.207. The molecule has 0 spiro atoms. The molecule has 0 aromatic carbocycles. The van der Waals surface area contributed by atoms with Gasteiger partial charge in [0.25, 0.3) is 0 Å². The number of hydrogen-bond donors (Lipinski definition) is 4. The molecule has 3 aliphatic heterocycles. The maximum atomic E-state index is 13.0. The van der Waals surface area contributed by atoms with Crippen LogP contribution < -0.4 is 0 Å². The first-order valence-corrected chi connectivity index (χ1v) is 15.6. The Morgan fingerprint density at radius 2 is 1.88 bits per heavy atom. The number of aliphatic hydroxyl groups excluding tert-OH is 4. The Kier molecular flexibility index (Phi) is 14.4. The highest BCUT2D eigenvalue weighted by molar-refractivity contribution is 5.75. The molecule has 9 heteroatoms. The van der Waals surface area contributed by atoms with Crippen LogP contribution in [0, 0.1) is 5.92 Å². The molecule has 9 nitrogen and oxygen atoms in total. The Bertz CT molecular complexity index is 944. The van der Waals surface area contributed by atoms with E-state index in [-0.39, 0.29) is 30.7 Å². The van der Waals surface area contributed by atoms with E-state index in [9.17, 15) is 20.1 Å². The summed E-state index contributed by atoms with van der Waals surface area (Å²) in [5.41, 5.74) is 1.18. The van der Waals surface area contributed by atoms with Crippen LogP contribution in [0.4, 0.5) is 0 Å². The highest BCUT2D eigenvalue weighted by Crippen LogP contribution is 2.40. The van der Waals surface area contributed by atoms with Crippen LogP contribution in [0.15, 0.2) is 48.1 Å². The predicted molar refractivity (Wildman–Crippen MR) is 159 cm³/mol. The molecule has 4 bridgehead atoms. The summed E-state index contributed by atoms with van der Waals surface area (Å²) in [5.74, 6) is -2.01. The van der Waals surface area contributed by atoms with Gasteiger partial charge in [-0.1, -0.05) is 55.0 Å². The van der Waals surface area contributed by atoms with Gasteiger partial charge in [-0.15, -0.1) is 0 Å². The summed E-state index contributed by atoms with van der Waals surface area (Å²) in [6.07, 6.45) is 15.3. The lowest BCUT2D eigenvalue weighted by molar-refractivity contribution is -0.349. The highest BCUT2D eigenvalue weighted by atomic mass is 16.7. The molecule has 3 rings (SSSR count). The molecule has 9 atom stereocenters. The SMILES string of the molecule is CO[C@@]12CC[C@@H]3CC[C@H](O3)C(=O)O[C@H](C[C@@H](O)C/C=C\C=C(\C)C/C=C\C=C/CCO)CCC[C@@H](O1)[C@@H](C)[C@H](O)[C@H]2O. The van der Waals surface area contributed by atoms with Gasteiger partial charge < -0.3 is 39.4 Å². The second-order valence-corrected chi connectivity index (χ2v) is 12.0. The third-order valence-corrected chi connectivity index (χ3v) is 8.66. The standard InChI is InChI=1S/C33H52O9/c1-23(12-7-5-4-6-10-21-34)13-8-9-14-25(35)22-27-15-11-16-28-24(2)30(36)31(37)33(39-3,42-28)20-19-26-17-18-29(40-26)32(38)41-27/h4-9,13,24-31,34-37H,10-12,14-22H2,1-3H3/b6-4-,7-5-,9-8-,23-13-/t24-,25+,26+,27+,28-,29+,30+,31-,33+/m1/s1. The van der Waals surface area contributed by atoms with Gasteiger partial charge in [0.2, 0.25) is 0 Å². The average molecular weight is 593 g/mol. The molecular formula is C33H52O9. The van der Waals surface area contributed by atoms with E-state index >= 15 is 0 Å². The molecular weight excluding hydrogens is 540 g/mol. The molecule has 3 heterocycles. The molecule has 0 amide bonds. The maximum absolute atomic E-state index is 13.0. The Morgan fingerprint density at radius 3 is 2.64 bits per heavy atom. The van der Waals surface area contributed by atoms with Gasteiger partial charge in [-0.3, -0.25) is 0 Å². The number of rotatable bonds is 11. The number of allylic oxidation sites excluding steroid dienone is 6. The molecule has 0 radical (unpaired) electrons. The molecule has 0 saturated carbocycles. The zero-order chi connectivity index (χ0) is 30.5. The van der Waals surface area contributed by atoms with Crippen molar-refractivity contribution in [3.05, 3.63) is 48.1 Å². The molecule has 0 aromatic heterocycles. The van der Waals surface area contributed by atoms with Crippen LogP contribution in [0.25, 0.3) is 0 Å². The van der Waals surface area contributed by atoms with E-state index in [1.807, 2.05) is 50.3 Å². The van der Waals surface area contributed by atoms with Crippen LogP contribution in [0.3, 0.4) is 0 Å². The minimum Gasteiger partial charge on any atom is -0.460 e. The maximum Gasteiger partial charge on any atom is 0.335 e. The summed E-state index contributed by atoms with van der Waals surface area (Å²) in [7, 11) is 1.49. The van der Waals surface area contributed by atoms with Gasteiger partial charge in [-0.2, -0.15) is 0 Å². The van der Waals surface area contributed by atoms with Crippen molar-refractivity contribution in [3.8, 4) is 0 Å². The number of cyclic esters (lactones) is 1. The lowest BCUT2D eigenvalue weighted by atomic mass is 9.82. The van der Waals surface area contributed by atoms with E-state index in [0.717, 1.165) is 6.42 Å². The van der Waals surface area contributed by atoms with Crippen molar-refractivity contribution in [2.24, 2.45) is 5.92 Å². The number of fused-ring (bicyclic) bond motifs is 4. The molecule has 3 saturated heterocycles. The van der Waals surface area contributed by atoms with Crippen LogP contribution >= 0.6 is 0 Å². The van der Waals surface area contributed by atoms with E-state index in [2.05, 4.69) is 6.08 Å². The monoisotopic (exact) mass is 592 g/mol. The number of aliphatic hydroxyl groups is 4. The fourth-order valence-corrected chi connectivity index (χ4v) is 5.98. The summed E-state index contributed by atoms with van der Waals surface area (Å²) in [6.45, 7) is 4.06. The first kappa shape index (κ1) is 34.6. The Morgan fingerprint density at radius 1 is 1.10 bits per heavy atom. The van der Waals surface area contributed by atoms with Crippen LogP contribution in [0.2, 0.25) is 0 Å². The lowest BCUT2D eigenvalue weighted by Gasteiger charge is -2.49. The van der Waals surface area contributed by atoms with Crippen molar-refractivity contribution in [2.75, 3.05) is 13.7 Å². The second kappa shape index (κ2) is 17.4. The Labute approximate surface area is 250 Å². The van der Waals surface area contributed by atoms with E-state index in [0.29, 0.717) is 64.2 Å². The van der Waals surface area contributed by atoms with Gasteiger partial charge in [0.15, 0.2) is 11.9 Å². The molecule has 4 N–H and O–H groups in total. The molecule has 3 fully saturated rings. The molecule has 3 aliphatic rings. The number of methoxy groups -OCH3 is 1. The summed E-state index contributed by atoms with van der Waals surface area (Å²) >= 11 is 0. The van der Waals surface area contributed by atoms with E-state index in [1.165, 1.54) is 12.7 Å². The topological polar surface area (TPSA) is 135 Å². The van der Waals surface area contributed by atoms with Crippen LogP contribution in [-0.4, -0.2) is 88.6 Å². The van der Waals surface area contributed by atoms with Crippen molar-refractivity contribution in [3.63, 3.8) is 0 Å². The zero-order valence-electron chi connectivity index (χ0n) is 25.5. The minimum absolute atomic E-state index is 0.152. The number of carbonyl (C=O) groups excluding carboxylic acids is 1. The van der Waals surface area contributed by atoms with Gasteiger partial charge in [0.1, 0.15) is 12.2 Å². The van der Waals surface area contributed by atoms with Crippen LogP contribution in [0.5, 0.6) is 0 Å². The number of carbonyl (C=O) groups is 1. The van der Waals surface area contributed by atoms with Crippen molar-refractivity contribution in [1.82, 2.24) is 0 Å². The fourth-order valence-electron chi connectivity index (χ4n) is 5.98. The van der Waals surface area contributed by atoms with Crippen molar-refractivity contribution >= 4 is 5.97 Å². The molecule has 0 unspecified atom stereocenters. The first-order chi connectivity index (χ1) is 20.2. The summed E-state index contributed by atoms with van der Waals surface area (Å²) in [5, 5.41) is 41.3. The Balaban J connectivity index is 1.59. The van der Waals surface area contributed by atoms with Crippen molar-refractivity contribution < 1.29 is 44.2 Å². The van der Waals surface area contributed by atoms with E-state index < -0.39 is 36.3 Å². The third kappa shape index (κ3) is 10.1. The predicted octanol–water partition coefficient (Wildman–Crippen LogP) is 4.04. The van der Waals surface area contributed by atoms with Crippen LogP contribution in [-0.2, 0) is 23.7 Å².